The first-order valence-corrected chi connectivity index (χ1v) is 14.5. The zero-order valence-corrected chi connectivity index (χ0v) is 23.2. The summed E-state index contributed by atoms with van der Waals surface area (Å²) < 4.78 is 1.78. The van der Waals surface area contributed by atoms with Gasteiger partial charge in [-0.05, 0) is 33.7 Å². The normalized spacial score (nSPS) is 12.4. The number of nitrogens with zero attached hydrogens (tertiary/aromatic N) is 12. The molecule has 0 spiro atoms. The highest BCUT2D eigenvalue weighted by atomic mass is 33.1. The molecule has 6 aromatic rings. The van der Waals surface area contributed by atoms with Crippen LogP contribution in [0.25, 0.3) is 22.3 Å². The molecular weight excluding hydrogens is 584 g/mol. The van der Waals surface area contributed by atoms with E-state index in [-0.39, 0.29) is 11.2 Å². The second-order valence-corrected chi connectivity index (χ2v) is 10.4. The van der Waals surface area contributed by atoms with Gasteiger partial charge in [0.15, 0.2) is 22.9 Å². The van der Waals surface area contributed by atoms with Crippen LogP contribution in [0.2, 0.25) is 0 Å². The van der Waals surface area contributed by atoms with Crippen molar-refractivity contribution in [1.82, 2.24) is 59.3 Å². The number of imidazole rings is 2. The maximum absolute atomic E-state index is 10.7. The fourth-order valence-electron chi connectivity index (χ4n) is 3.67. The van der Waals surface area contributed by atoms with Crippen molar-refractivity contribution in [2.45, 2.75) is 10.1 Å². The molecule has 214 valence electrons. The van der Waals surface area contributed by atoms with Gasteiger partial charge in [-0.25, -0.2) is 49.9 Å². The Kier molecular flexibility index (Phi) is 8.03. The van der Waals surface area contributed by atoms with Crippen LogP contribution in [-0.2, 0) is 0 Å². The first kappa shape index (κ1) is 27.0. The molecule has 0 aliphatic carbocycles. The second-order valence-electron chi connectivity index (χ2n) is 8.22. The molecule has 6 heterocycles. The Labute approximate surface area is 242 Å². The summed E-state index contributed by atoms with van der Waals surface area (Å²) in [5.41, 5.74) is 2.78. The fourth-order valence-corrected chi connectivity index (χ4v) is 5.65. The number of H-pyrrole nitrogens is 2. The molecule has 0 radical (unpaired) electrons. The summed E-state index contributed by atoms with van der Waals surface area (Å²) in [4.78, 5) is 47.8. The summed E-state index contributed by atoms with van der Waals surface area (Å²) >= 11 is 0. The van der Waals surface area contributed by atoms with E-state index >= 15 is 0 Å². The lowest BCUT2D eigenvalue weighted by molar-refractivity contribution is 0.141. The zero-order chi connectivity index (χ0) is 28.7. The van der Waals surface area contributed by atoms with Gasteiger partial charge in [-0.3, -0.25) is 0 Å². The van der Waals surface area contributed by atoms with Gasteiger partial charge in [0.1, 0.15) is 33.7 Å². The molecule has 0 unspecified atom stereocenters. The summed E-state index contributed by atoms with van der Waals surface area (Å²) in [6.07, 6.45) is 9.04. The van der Waals surface area contributed by atoms with Gasteiger partial charge in [0.2, 0.25) is 0 Å². The van der Waals surface area contributed by atoms with Crippen LogP contribution in [0.4, 0.5) is 11.6 Å². The summed E-state index contributed by atoms with van der Waals surface area (Å²) in [5, 5.41) is 28.6. The third-order valence-corrected chi connectivity index (χ3v) is 7.90. The van der Waals surface area contributed by atoms with Gasteiger partial charge in [-0.15, -0.1) is 9.46 Å². The first-order chi connectivity index (χ1) is 20.7. The molecule has 6 aromatic heterocycles. The average Bonchev–Trinajstić information content (AvgIpc) is 3.69. The molecule has 0 aliphatic heterocycles. The standard InChI is InChI=1S/C22H22N16O2S2/c39-37-13(1-3-25-21(37)27-7-5-23-17-15-19(31-9-29-15)35-11-33-17)41-42-14-2-4-26-22(38(14)40)28-8-6-24-18-16-20(32-10-30-16)36-12-34-18/h1-4,9-12,39-40H,5-8H2,(H2,23,29,31,33,35)(H2,24,30,32,34,36). The van der Waals surface area contributed by atoms with E-state index in [4.69, 9.17) is 0 Å². The number of aromatic amines is 2. The highest BCUT2D eigenvalue weighted by Crippen LogP contribution is 2.35. The molecule has 0 fully saturated rings. The van der Waals surface area contributed by atoms with Crippen LogP contribution in [0.15, 0.2) is 69.9 Å². The molecule has 0 saturated carbocycles. The third-order valence-electron chi connectivity index (χ3n) is 5.58. The molecule has 0 atom stereocenters. The monoisotopic (exact) mass is 606 g/mol. The number of aromatic nitrogens is 12. The molecule has 6 rings (SSSR count). The Morgan fingerprint density at radius 3 is 1.62 bits per heavy atom. The van der Waals surface area contributed by atoms with Crippen LogP contribution in [0.5, 0.6) is 0 Å². The quantitative estimate of drug-likeness (QED) is 0.0516. The maximum atomic E-state index is 10.7. The molecular formula is C22H22N16O2S2. The number of nitrogens with one attached hydrogen (secondary N) is 4. The predicted octanol–water partition coefficient (Wildman–Crippen LogP) is 0.712. The van der Waals surface area contributed by atoms with Crippen LogP contribution in [0.3, 0.4) is 0 Å². The molecule has 0 aromatic carbocycles. The number of anilines is 2. The SMILES string of the molecule is On1c(SSc2ccnc(=NCCNc3ncnc4nc[nH]c34)n2O)ccnc1=NCCNc1ncnc2nc[nH]c12. The van der Waals surface area contributed by atoms with Gasteiger partial charge < -0.3 is 31.0 Å². The van der Waals surface area contributed by atoms with Crippen molar-refractivity contribution in [2.24, 2.45) is 9.98 Å². The lowest BCUT2D eigenvalue weighted by atomic mass is 10.5. The van der Waals surface area contributed by atoms with Gasteiger partial charge in [0, 0.05) is 25.5 Å². The Bertz CT molecular complexity index is 1820. The Balaban J connectivity index is 1.06. The Morgan fingerprint density at radius 1 is 0.667 bits per heavy atom. The van der Waals surface area contributed by atoms with Crippen molar-refractivity contribution in [1.29, 1.82) is 0 Å². The van der Waals surface area contributed by atoms with E-state index in [0.717, 1.165) is 9.46 Å². The number of hydrogen-bond acceptors (Lipinski definition) is 16. The van der Waals surface area contributed by atoms with Gasteiger partial charge in [-0.1, -0.05) is 0 Å². The van der Waals surface area contributed by atoms with Crippen LogP contribution in [0, 0.1) is 0 Å². The van der Waals surface area contributed by atoms with Crippen molar-refractivity contribution < 1.29 is 10.4 Å². The smallest absolute Gasteiger partial charge is 0.259 e. The van der Waals surface area contributed by atoms with Gasteiger partial charge in [0.05, 0.1) is 25.7 Å². The van der Waals surface area contributed by atoms with Gasteiger partial charge in [0.25, 0.3) is 11.2 Å². The second kappa shape index (κ2) is 12.5. The van der Waals surface area contributed by atoms with Crippen LogP contribution in [0.1, 0.15) is 0 Å². The molecule has 0 amide bonds. The van der Waals surface area contributed by atoms with Crippen molar-refractivity contribution in [2.75, 3.05) is 36.8 Å². The minimum atomic E-state index is 0.127. The Hall–Kier alpha value is -5.24. The maximum Gasteiger partial charge on any atom is 0.259 e. The largest absolute Gasteiger partial charge is 0.424 e. The highest BCUT2D eigenvalue weighted by Gasteiger charge is 2.09. The van der Waals surface area contributed by atoms with Gasteiger partial charge >= 0.3 is 0 Å². The van der Waals surface area contributed by atoms with E-state index in [9.17, 15) is 10.4 Å². The molecule has 20 heteroatoms. The third kappa shape index (κ3) is 5.93. The van der Waals surface area contributed by atoms with Crippen LogP contribution < -0.4 is 21.9 Å². The summed E-state index contributed by atoms with van der Waals surface area (Å²) in [7, 11) is 2.41. The summed E-state index contributed by atoms with van der Waals surface area (Å²) in [6, 6.07) is 3.27. The van der Waals surface area contributed by atoms with Crippen LogP contribution >= 0.6 is 21.6 Å². The van der Waals surface area contributed by atoms with Crippen molar-refractivity contribution >= 4 is 55.6 Å². The lowest BCUT2D eigenvalue weighted by Gasteiger charge is -2.08. The number of fused-ring (bicyclic) bond motifs is 2. The fraction of sp³-hybridized carbons (Fsp3) is 0.182. The molecule has 0 aliphatic rings. The molecule has 42 heavy (non-hydrogen) atoms. The predicted molar refractivity (Wildman–Crippen MR) is 152 cm³/mol. The molecule has 6 N–H and O–H groups in total. The Morgan fingerprint density at radius 2 is 1.14 bits per heavy atom. The van der Waals surface area contributed by atoms with Crippen molar-refractivity contribution in [3.8, 4) is 0 Å². The molecule has 0 bridgehead atoms. The minimum Gasteiger partial charge on any atom is -0.424 e. The van der Waals surface area contributed by atoms with E-state index in [2.05, 4.69) is 70.5 Å². The minimum absolute atomic E-state index is 0.127. The van der Waals surface area contributed by atoms with E-state index in [1.807, 2.05) is 0 Å². The lowest BCUT2D eigenvalue weighted by Crippen LogP contribution is -2.25. The topological polar surface area (TPSA) is 234 Å². The number of rotatable bonds is 11. The van der Waals surface area contributed by atoms with E-state index in [1.54, 1.807) is 37.2 Å². The van der Waals surface area contributed by atoms with E-state index in [0.29, 0.717) is 70.2 Å². The van der Waals surface area contributed by atoms with E-state index in [1.165, 1.54) is 34.2 Å². The van der Waals surface area contributed by atoms with E-state index < -0.39 is 0 Å². The average molecular weight is 607 g/mol. The van der Waals surface area contributed by atoms with Crippen molar-refractivity contribution in [3.05, 3.63) is 61.1 Å². The number of hydrogen-bond donors (Lipinski definition) is 6. The van der Waals surface area contributed by atoms with Crippen molar-refractivity contribution in [3.63, 3.8) is 0 Å². The van der Waals surface area contributed by atoms with Crippen LogP contribution in [-0.4, -0.2) is 95.9 Å². The molecule has 0 saturated heterocycles. The summed E-state index contributed by atoms with van der Waals surface area (Å²) in [5.74, 6) is 1.22. The summed E-state index contributed by atoms with van der Waals surface area (Å²) in [6.45, 7) is 1.52. The van der Waals surface area contributed by atoms with Gasteiger partial charge in [-0.2, -0.15) is 0 Å². The first-order valence-electron chi connectivity index (χ1n) is 12.3. The molecule has 18 nitrogen and oxygen atoms in total. The zero-order valence-electron chi connectivity index (χ0n) is 21.5. The highest BCUT2D eigenvalue weighted by molar-refractivity contribution is 8.76.